The maximum Gasteiger partial charge on any atom is 0.237 e. The molecule has 2 N–H and O–H groups in total. The summed E-state index contributed by atoms with van der Waals surface area (Å²) in [6, 6.07) is 8.49. The lowest BCUT2D eigenvalue weighted by atomic mass is 10.1. The number of hydrogen-bond acceptors (Lipinski definition) is 3. The third kappa shape index (κ3) is 5.52. The van der Waals surface area contributed by atoms with Gasteiger partial charge in [-0.3, -0.25) is 4.79 Å². The minimum absolute atomic E-state index is 0. The molecule has 2 unspecified atom stereocenters. The average molecular weight is 425 g/mol. The van der Waals surface area contributed by atoms with E-state index in [-0.39, 0.29) is 36.8 Å². The Morgan fingerprint density at radius 3 is 2.65 bits per heavy atom. The summed E-state index contributed by atoms with van der Waals surface area (Å²) in [5, 5.41) is 6.36. The smallest absolute Gasteiger partial charge is 0.237 e. The quantitative estimate of drug-likeness (QED) is 0.780. The van der Waals surface area contributed by atoms with Gasteiger partial charge in [0, 0.05) is 29.8 Å². The molecule has 4 nitrogen and oxygen atoms in total. The zero-order valence-electron chi connectivity index (χ0n) is 13.0. The SMILES string of the molecule is Cl.Cl.O=C(NCC1CCN(c2ccc(Br)cc2)C1)C1CCCN1. The number of carbonyl (C=O) groups excluding carboxylic acids is 1. The number of nitrogens with one attached hydrogen (secondary N) is 2. The Labute approximate surface area is 158 Å². The van der Waals surface area contributed by atoms with Crippen molar-refractivity contribution in [3.05, 3.63) is 28.7 Å². The summed E-state index contributed by atoms with van der Waals surface area (Å²) < 4.78 is 1.11. The Balaban J connectivity index is 0.00000132. The molecule has 3 rings (SSSR count). The normalized spacial score (nSPS) is 23.1. The van der Waals surface area contributed by atoms with Crippen LogP contribution in [0.5, 0.6) is 0 Å². The molecule has 0 saturated carbocycles. The van der Waals surface area contributed by atoms with Gasteiger partial charge in [0.2, 0.25) is 5.91 Å². The molecule has 2 heterocycles. The number of carbonyl (C=O) groups is 1. The first kappa shape index (κ1) is 20.6. The number of rotatable bonds is 4. The molecule has 130 valence electrons. The molecule has 1 aromatic carbocycles. The van der Waals surface area contributed by atoms with Crippen LogP contribution in [0.15, 0.2) is 28.7 Å². The summed E-state index contributed by atoms with van der Waals surface area (Å²) in [6.07, 6.45) is 3.23. The molecule has 2 aliphatic heterocycles. The highest BCUT2D eigenvalue weighted by Crippen LogP contribution is 2.25. The van der Waals surface area contributed by atoms with Crippen molar-refractivity contribution in [2.75, 3.05) is 31.1 Å². The van der Waals surface area contributed by atoms with Crippen LogP contribution in [0.2, 0.25) is 0 Å². The van der Waals surface area contributed by atoms with Crippen LogP contribution in [0.4, 0.5) is 5.69 Å². The Kier molecular flexibility index (Phi) is 8.69. The molecule has 1 aromatic rings. The molecule has 23 heavy (non-hydrogen) atoms. The molecule has 0 spiro atoms. The van der Waals surface area contributed by atoms with Crippen molar-refractivity contribution in [3.8, 4) is 0 Å². The Morgan fingerprint density at radius 1 is 1.26 bits per heavy atom. The van der Waals surface area contributed by atoms with Crippen LogP contribution < -0.4 is 15.5 Å². The van der Waals surface area contributed by atoms with E-state index in [0.29, 0.717) is 5.92 Å². The standard InChI is InChI=1S/C16H22BrN3O.2ClH/c17-13-3-5-14(6-4-13)20-9-7-12(11-20)10-19-16(21)15-2-1-8-18-15;;/h3-6,12,15,18H,1-2,7-11H2,(H,19,21);2*1H. The fourth-order valence-corrected chi connectivity index (χ4v) is 3.43. The fourth-order valence-electron chi connectivity index (χ4n) is 3.16. The third-order valence-corrected chi connectivity index (χ3v) is 4.95. The summed E-state index contributed by atoms with van der Waals surface area (Å²) in [5.74, 6) is 0.730. The average Bonchev–Trinajstić information content (AvgIpc) is 3.17. The number of anilines is 1. The van der Waals surface area contributed by atoms with Crippen molar-refractivity contribution in [3.63, 3.8) is 0 Å². The van der Waals surface area contributed by atoms with Gasteiger partial charge < -0.3 is 15.5 Å². The highest BCUT2D eigenvalue weighted by molar-refractivity contribution is 9.10. The van der Waals surface area contributed by atoms with Crippen LogP contribution in [0.25, 0.3) is 0 Å². The number of nitrogens with zero attached hydrogens (tertiary/aromatic N) is 1. The second-order valence-electron chi connectivity index (χ2n) is 5.97. The largest absolute Gasteiger partial charge is 0.371 e. The van der Waals surface area contributed by atoms with Crippen LogP contribution in [0.3, 0.4) is 0 Å². The molecule has 7 heteroatoms. The van der Waals surface area contributed by atoms with Gasteiger partial charge in [0.1, 0.15) is 0 Å². The molecule has 2 aliphatic rings. The van der Waals surface area contributed by atoms with E-state index in [4.69, 9.17) is 0 Å². The first-order valence-corrected chi connectivity index (χ1v) is 8.53. The van der Waals surface area contributed by atoms with Gasteiger partial charge >= 0.3 is 0 Å². The Morgan fingerprint density at radius 2 is 2.00 bits per heavy atom. The van der Waals surface area contributed by atoms with Gasteiger partial charge in [-0.05, 0) is 56.0 Å². The van der Waals surface area contributed by atoms with Crippen LogP contribution in [0, 0.1) is 5.92 Å². The van der Waals surface area contributed by atoms with E-state index in [9.17, 15) is 4.79 Å². The number of halogens is 3. The van der Waals surface area contributed by atoms with Crippen LogP contribution in [-0.2, 0) is 4.79 Å². The highest BCUT2D eigenvalue weighted by atomic mass is 79.9. The van der Waals surface area contributed by atoms with Crippen molar-refractivity contribution in [1.82, 2.24) is 10.6 Å². The molecule has 1 amide bonds. The lowest BCUT2D eigenvalue weighted by Gasteiger charge is -2.19. The minimum atomic E-state index is 0. The van der Waals surface area contributed by atoms with Crippen molar-refractivity contribution < 1.29 is 4.79 Å². The van der Waals surface area contributed by atoms with Gasteiger partial charge in [0.25, 0.3) is 0 Å². The van der Waals surface area contributed by atoms with Crippen molar-refractivity contribution in [2.45, 2.75) is 25.3 Å². The Hall–Kier alpha value is -0.490. The van der Waals surface area contributed by atoms with Crippen LogP contribution in [-0.4, -0.2) is 38.1 Å². The first-order valence-electron chi connectivity index (χ1n) is 7.74. The summed E-state index contributed by atoms with van der Waals surface area (Å²) in [6.45, 7) is 3.87. The van der Waals surface area contributed by atoms with E-state index in [1.54, 1.807) is 0 Å². The van der Waals surface area contributed by atoms with Gasteiger partial charge in [-0.2, -0.15) is 0 Å². The molecule has 0 aliphatic carbocycles. The third-order valence-electron chi connectivity index (χ3n) is 4.42. The molecule has 0 radical (unpaired) electrons. The number of amides is 1. The fraction of sp³-hybridized carbons (Fsp3) is 0.562. The molecule has 2 saturated heterocycles. The highest BCUT2D eigenvalue weighted by Gasteiger charge is 2.26. The summed E-state index contributed by atoms with van der Waals surface area (Å²) in [5.41, 5.74) is 1.27. The summed E-state index contributed by atoms with van der Waals surface area (Å²) >= 11 is 3.47. The molecule has 2 fully saturated rings. The van der Waals surface area contributed by atoms with Crippen molar-refractivity contribution in [1.29, 1.82) is 0 Å². The molecule has 0 bridgehead atoms. The minimum Gasteiger partial charge on any atom is -0.371 e. The van der Waals surface area contributed by atoms with Gasteiger partial charge in [-0.25, -0.2) is 0 Å². The lowest BCUT2D eigenvalue weighted by Crippen LogP contribution is -2.42. The Bertz CT molecular complexity index is 495. The topological polar surface area (TPSA) is 44.4 Å². The second kappa shape index (κ2) is 9.72. The maximum absolute atomic E-state index is 12.0. The second-order valence-corrected chi connectivity index (χ2v) is 6.89. The maximum atomic E-state index is 12.0. The zero-order chi connectivity index (χ0) is 14.7. The first-order chi connectivity index (χ1) is 10.2. The monoisotopic (exact) mass is 423 g/mol. The number of benzene rings is 1. The predicted octanol–water partition coefficient (Wildman–Crippen LogP) is 2.99. The van der Waals surface area contributed by atoms with E-state index >= 15 is 0 Å². The zero-order valence-corrected chi connectivity index (χ0v) is 16.2. The van der Waals surface area contributed by atoms with Crippen LogP contribution >= 0.6 is 40.7 Å². The van der Waals surface area contributed by atoms with E-state index in [1.807, 2.05) is 0 Å². The van der Waals surface area contributed by atoms with Gasteiger partial charge in [-0.1, -0.05) is 15.9 Å². The molecule has 0 aromatic heterocycles. The molecular weight excluding hydrogens is 401 g/mol. The van der Waals surface area contributed by atoms with E-state index in [2.05, 4.69) is 55.7 Å². The van der Waals surface area contributed by atoms with Gasteiger partial charge in [0.05, 0.1) is 6.04 Å². The van der Waals surface area contributed by atoms with Gasteiger partial charge in [0.15, 0.2) is 0 Å². The lowest BCUT2D eigenvalue weighted by molar-refractivity contribution is -0.122. The van der Waals surface area contributed by atoms with Crippen LogP contribution in [0.1, 0.15) is 19.3 Å². The number of hydrogen-bond donors (Lipinski definition) is 2. The van der Waals surface area contributed by atoms with Gasteiger partial charge in [-0.15, -0.1) is 24.8 Å². The van der Waals surface area contributed by atoms with E-state index in [1.165, 1.54) is 5.69 Å². The van der Waals surface area contributed by atoms with E-state index in [0.717, 1.165) is 49.9 Å². The summed E-state index contributed by atoms with van der Waals surface area (Å²) in [4.78, 5) is 14.4. The predicted molar refractivity (Wildman–Crippen MR) is 103 cm³/mol. The summed E-state index contributed by atoms with van der Waals surface area (Å²) in [7, 11) is 0. The van der Waals surface area contributed by atoms with E-state index < -0.39 is 0 Å². The van der Waals surface area contributed by atoms with Crippen molar-refractivity contribution in [2.24, 2.45) is 5.92 Å². The molecular formula is C16H24BrCl2N3O. The van der Waals surface area contributed by atoms with Crippen molar-refractivity contribution >= 4 is 52.3 Å². The molecule has 2 atom stereocenters.